The highest BCUT2D eigenvalue weighted by Gasteiger charge is 2.20. The van der Waals surface area contributed by atoms with Crippen LogP contribution in [0.25, 0.3) is 11.0 Å². The van der Waals surface area contributed by atoms with Crippen LogP contribution in [-0.4, -0.2) is 56.4 Å². The van der Waals surface area contributed by atoms with Crippen LogP contribution in [0, 0.1) is 0 Å². The molecular weight excluding hydrogens is 278 g/mol. The minimum atomic E-state index is -0.317. The van der Waals surface area contributed by atoms with Crippen molar-refractivity contribution in [3.8, 4) is 0 Å². The fourth-order valence-corrected chi connectivity index (χ4v) is 2.73. The van der Waals surface area contributed by atoms with Crippen molar-refractivity contribution in [3.05, 3.63) is 18.1 Å². The molecule has 2 heterocycles. The average Bonchev–Trinajstić information content (AvgIpc) is 2.89. The van der Waals surface area contributed by atoms with Crippen LogP contribution in [0.3, 0.4) is 0 Å². The molecule has 2 aromatic rings. The van der Waals surface area contributed by atoms with E-state index in [0.29, 0.717) is 16.9 Å². The molecule has 2 atom stereocenters. The Morgan fingerprint density at radius 3 is 2.85 bits per heavy atom. The van der Waals surface area contributed by atoms with Crippen molar-refractivity contribution in [3.63, 3.8) is 0 Å². The van der Waals surface area contributed by atoms with E-state index in [0.717, 1.165) is 11.3 Å². The summed E-state index contributed by atoms with van der Waals surface area (Å²) in [6, 6.07) is -0.409. The van der Waals surface area contributed by atoms with E-state index in [1.165, 1.54) is 6.33 Å². The fourth-order valence-electron chi connectivity index (χ4n) is 2.12. The van der Waals surface area contributed by atoms with Crippen LogP contribution in [0.15, 0.2) is 12.5 Å². The molecule has 0 amide bonds. The van der Waals surface area contributed by atoms with E-state index in [1.54, 1.807) is 18.0 Å². The standard InChI is InChI=1S/C12H19N5O2S/c1-20-5-7(3-18)17-9(4-19)8-2-14-11-10(8)15-6-16-12(11)13/h2,6-7,9,14,17-19H,3-5H2,1H3,(H2,13,15,16)/t7-,9+/m1/s1. The van der Waals surface area contributed by atoms with Gasteiger partial charge in [-0.25, -0.2) is 9.97 Å². The van der Waals surface area contributed by atoms with Gasteiger partial charge in [0.2, 0.25) is 0 Å². The molecule has 0 aliphatic heterocycles. The Labute approximate surface area is 121 Å². The zero-order valence-corrected chi connectivity index (χ0v) is 12.0. The van der Waals surface area contributed by atoms with E-state index in [1.807, 2.05) is 6.26 Å². The van der Waals surface area contributed by atoms with Crippen molar-refractivity contribution in [2.24, 2.45) is 0 Å². The lowest BCUT2D eigenvalue weighted by Gasteiger charge is -2.22. The summed E-state index contributed by atoms with van der Waals surface area (Å²) in [5, 5.41) is 22.2. The minimum Gasteiger partial charge on any atom is -0.395 e. The summed E-state index contributed by atoms with van der Waals surface area (Å²) in [6.45, 7) is -0.0848. The topological polar surface area (TPSA) is 120 Å². The van der Waals surface area contributed by atoms with Crippen molar-refractivity contribution in [2.45, 2.75) is 12.1 Å². The molecule has 0 fully saturated rings. The van der Waals surface area contributed by atoms with Gasteiger partial charge in [-0.3, -0.25) is 0 Å². The molecule has 0 aliphatic rings. The summed E-state index contributed by atoms with van der Waals surface area (Å²) in [7, 11) is 0. The lowest BCUT2D eigenvalue weighted by molar-refractivity contribution is 0.202. The van der Waals surface area contributed by atoms with Crippen molar-refractivity contribution in [1.82, 2.24) is 20.3 Å². The molecule has 20 heavy (non-hydrogen) atoms. The number of aromatic nitrogens is 3. The van der Waals surface area contributed by atoms with Crippen molar-refractivity contribution in [2.75, 3.05) is 31.0 Å². The van der Waals surface area contributed by atoms with Crippen molar-refractivity contribution in [1.29, 1.82) is 0 Å². The molecule has 2 aromatic heterocycles. The van der Waals surface area contributed by atoms with Crippen LogP contribution < -0.4 is 11.1 Å². The van der Waals surface area contributed by atoms with Gasteiger partial charge in [0.15, 0.2) is 5.82 Å². The lowest BCUT2D eigenvalue weighted by Crippen LogP contribution is -2.39. The normalized spacial score (nSPS) is 14.6. The summed E-state index contributed by atoms with van der Waals surface area (Å²) in [5.74, 6) is 1.13. The molecule has 0 bridgehead atoms. The Morgan fingerprint density at radius 1 is 1.40 bits per heavy atom. The van der Waals surface area contributed by atoms with Gasteiger partial charge in [-0.1, -0.05) is 0 Å². The molecule has 6 N–H and O–H groups in total. The Bertz CT molecular complexity index is 562. The van der Waals surface area contributed by atoms with Crippen LogP contribution in [0.1, 0.15) is 11.6 Å². The molecular formula is C12H19N5O2S. The SMILES string of the molecule is CSC[C@@H](CO)N[C@@H](CO)c1c[nH]c2c(N)ncnc12. The number of H-pyrrole nitrogens is 1. The van der Waals surface area contributed by atoms with E-state index in [-0.39, 0.29) is 25.3 Å². The Morgan fingerprint density at radius 2 is 2.20 bits per heavy atom. The molecule has 110 valence electrons. The molecule has 0 saturated carbocycles. The second kappa shape index (κ2) is 6.89. The van der Waals surface area contributed by atoms with Crippen LogP contribution in [-0.2, 0) is 0 Å². The number of fused-ring (bicyclic) bond motifs is 1. The van der Waals surface area contributed by atoms with Gasteiger partial charge in [0.1, 0.15) is 11.8 Å². The molecule has 0 spiro atoms. The van der Waals surface area contributed by atoms with Gasteiger partial charge in [-0.15, -0.1) is 0 Å². The first kappa shape index (κ1) is 15.0. The first-order valence-electron chi connectivity index (χ1n) is 6.25. The fraction of sp³-hybridized carbons (Fsp3) is 0.500. The number of aliphatic hydroxyl groups excluding tert-OH is 2. The molecule has 0 aliphatic carbocycles. The van der Waals surface area contributed by atoms with Gasteiger partial charge < -0.3 is 26.2 Å². The maximum Gasteiger partial charge on any atom is 0.151 e. The molecule has 8 heteroatoms. The highest BCUT2D eigenvalue weighted by Crippen LogP contribution is 2.24. The second-order valence-corrected chi connectivity index (χ2v) is 5.37. The van der Waals surface area contributed by atoms with E-state index >= 15 is 0 Å². The Kier molecular flexibility index (Phi) is 5.18. The first-order chi connectivity index (χ1) is 9.71. The number of thioether (sulfide) groups is 1. The van der Waals surface area contributed by atoms with Gasteiger partial charge in [-0.2, -0.15) is 11.8 Å². The highest BCUT2D eigenvalue weighted by molar-refractivity contribution is 7.98. The molecule has 0 radical (unpaired) electrons. The summed E-state index contributed by atoms with van der Waals surface area (Å²) in [4.78, 5) is 11.2. The van der Waals surface area contributed by atoms with Crippen LogP contribution in [0.5, 0.6) is 0 Å². The maximum atomic E-state index is 9.60. The van der Waals surface area contributed by atoms with Gasteiger partial charge in [0.25, 0.3) is 0 Å². The predicted octanol–water partition coefficient (Wildman–Crippen LogP) is -0.113. The number of aromatic amines is 1. The van der Waals surface area contributed by atoms with Crippen LogP contribution >= 0.6 is 11.8 Å². The van der Waals surface area contributed by atoms with Crippen molar-refractivity contribution >= 4 is 28.6 Å². The summed E-state index contributed by atoms with van der Waals surface area (Å²) in [6.07, 6.45) is 5.13. The summed E-state index contributed by atoms with van der Waals surface area (Å²) in [5.41, 5.74) is 7.94. The largest absolute Gasteiger partial charge is 0.395 e. The Balaban J connectivity index is 2.27. The van der Waals surface area contributed by atoms with Gasteiger partial charge in [0, 0.05) is 23.6 Å². The third-order valence-electron chi connectivity index (χ3n) is 3.11. The van der Waals surface area contributed by atoms with E-state index < -0.39 is 0 Å². The zero-order valence-electron chi connectivity index (χ0n) is 11.2. The quantitative estimate of drug-likeness (QED) is 0.483. The second-order valence-electron chi connectivity index (χ2n) is 4.46. The van der Waals surface area contributed by atoms with E-state index in [2.05, 4.69) is 20.3 Å². The van der Waals surface area contributed by atoms with Crippen molar-refractivity contribution < 1.29 is 10.2 Å². The molecule has 0 aromatic carbocycles. The van der Waals surface area contributed by atoms with Gasteiger partial charge in [-0.05, 0) is 6.26 Å². The Hall–Kier alpha value is -1.35. The number of nitrogens with zero attached hydrogens (tertiary/aromatic N) is 2. The number of nitrogen functional groups attached to an aromatic ring is 1. The number of hydrogen-bond donors (Lipinski definition) is 5. The smallest absolute Gasteiger partial charge is 0.151 e. The zero-order chi connectivity index (χ0) is 14.5. The number of rotatable bonds is 7. The number of anilines is 1. The number of nitrogens with one attached hydrogen (secondary N) is 2. The number of hydrogen-bond acceptors (Lipinski definition) is 7. The monoisotopic (exact) mass is 297 g/mol. The predicted molar refractivity (Wildman–Crippen MR) is 80.5 cm³/mol. The first-order valence-corrected chi connectivity index (χ1v) is 7.64. The number of aliphatic hydroxyl groups is 2. The van der Waals surface area contributed by atoms with Gasteiger partial charge in [0.05, 0.1) is 24.8 Å². The minimum absolute atomic E-state index is 0.0107. The number of nitrogens with two attached hydrogens (primary N) is 1. The highest BCUT2D eigenvalue weighted by atomic mass is 32.2. The molecule has 0 saturated heterocycles. The summed E-state index contributed by atoms with van der Waals surface area (Å²) >= 11 is 1.63. The average molecular weight is 297 g/mol. The van der Waals surface area contributed by atoms with E-state index in [9.17, 15) is 10.2 Å². The van der Waals surface area contributed by atoms with Crippen LogP contribution in [0.4, 0.5) is 5.82 Å². The molecule has 0 unspecified atom stereocenters. The van der Waals surface area contributed by atoms with Gasteiger partial charge >= 0.3 is 0 Å². The maximum absolute atomic E-state index is 9.60. The summed E-state index contributed by atoms with van der Waals surface area (Å²) < 4.78 is 0. The molecule has 7 nitrogen and oxygen atoms in total. The lowest BCUT2D eigenvalue weighted by atomic mass is 10.1. The third kappa shape index (κ3) is 3.04. The third-order valence-corrected chi connectivity index (χ3v) is 3.84. The van der Waals surface area contributed by atoms with Crippen LogP contribution in [0.2, 0.25) is 0 Å². The molecule has 2 rings (SSSR count). The van der Waals surface area contributed by atoms with E-state index in [4.69, 9.17) is 5.73 Å².